The molecule has 3 rings (SSSR count). The molecule has 1 aromatic carbocycles. The number of amides is 3. The molecule has 2 heterocycles. The SMILES string of the molecule is Cc1cccc([C@H]2NC(=O)NC3=C2C(=O)N(C[C@@H](C)O)C3)c1. The van der Waals surface area contributed by atoms with Gasteiger partial charge in [-0.15, -0.1) is 0 Å². The van der Waals surface area contributed by atoms with Gasteiger partial charge in [-0.3, -0.25) is 4.79 Å². The molecule has 0 fully saturated rings. The summed E-state index contributed by atoms with van der Waals surface area (Å²) in [5, 5.41) is 15.0. The molecule has 116 valence electrons. The number of hydrogen-bond donors (Lipinski definition) is 3. The van der Waals surface area contributed by atoms with Gasteiger partial charge in [0, 0.05) is 6.54 Å². The van der Waals surface area contributed by atoms with Crippen molar-refractivity contribution in [2.24, 2.45) is 0 Å². The third-order valence-electron chi connectivity index (χ3n) is 3.88. The zero-order valence-corrected chi connectivity index (χ0v) is 12.6. The van der Waals surface area contributed by atoms with Gasteiger partial charge in [-0.1, -0.05) is 29.8 Å². The monoisotopic (exact) mass is 301 g/mol. The number of β-amino-alcohol motifs (C(OH)–C–C–N with tert-alkyl or cyclic N) is 1. The van der Waals surface area contributed by atoms with Gasteiger partial charge in [0.25, 0.3) is 5.91 Å². The lowest BCUT2D eigenvalue weighted by Gasteiger charge is -2.25. The summed E-state index contributed by atoms with van der Waals surface area (Å²) < 4.78 is 0. The van der Waals surface area contributed by atoms with Gasteiger partial charge in [0.2, 0.25) is 0 Å². The Kier molecular flexibility index (Phi) is 3.62. The maximum absolute atomic E-state index is 12.6. The average Bonchev–Trinajstić information content (AvgIpc) is 2.73. The van der Waals surface area contributed by atoms with Crippen LogP contribution in [-0.2, 0) is 4.79 Å². The lowest BCUT2D eigenvalue weighted by molar-refractivity contribution is -0.126. The summed E-state index contributed by atoms with van der Waals surface area (Å²) in [6, 6.07) is 6.99. The summed E-state index contributed by atoms with van der Waals surface area (Å²) in [5.41, 5.74) is 3.14. The van der Waals surface area contributed by atoms with E-state index in [4.69, 9.17) is 0 Å². The van der Waals surface area contributed by atoms with E-state index in [0.717, 1.165) is 11.1 Å². The van der Waals surface area contributed by atoms with E-state index in [9.17, 15) is 14.7 Å². The molecule has 22 heavy (non-hydrogen) atoms. The lowest BCUT2D eigenvalue weighted by atomic mass is 9.95. The number of nitrogens with zero attached hydrogens (tertiary/aromatic N) is 1. The fourth-order valence-electron chi connectivity index (χ4n) is 2.99. The minimum absolute atomic E-state index is 0.144. The quantitative estimate of drug-likeness (QED) is 0.773. The Balaban J connectivity index is 1.96. The van der Waals surface area contributed by atoms with Crippen molar-refractivity contribution in [2.75, 3.05) is 13.1 Å². The second-order valence-electron chi connectivity index (χ2n) is 5.87. The van der Waals surface area contributed by atoms with Gasteiger partial charge >= 0.3 is 6.03 Å². The molecular weight excluding hydrogens is 282 g/mol. The summed E-state index contributed by atoms with van der Waals surface area (Å²) in [4.78, 5) is 26.1. The number of aliphatic hydroxyl groups excluding tert-OH is 1. The maximum atomic E-state index is 12.6. The fourth-order valence-corrected chi connectivity index (χ4v) is 2.99. The molecule has 0 saturated carbocycles. The van der Waals surface area contributed by atoms with Crippen LogP contribution in [0.15, 0.2) is 35.5 Å². The molecule has 1 aromatic rings. The number of nitrogens with one attached hydrogen (secondary N) is 2. The molecule has 0 aliphatic carbocycles. The molecule has 0 spiro atoms. The molecule has 0 radical (unpaired) electrons. The van der Waals surface area contributed by atoms with Crippen molar-refractivity contribution >= 4 is 11.9 Å². The van der Waals surface area contributed by atoms with E-state index in [1.54, 1.807) is 11.8 Å². The van der Waals surface area contributed by atoms with Crippen molar-refractivity contribution in [1.29, 1.82) is 0 Å². The zero-order chi connectivity index (χ0) is 15.9. The number of carbonyl (C=O) groups is 2. The third-order valence-corrected chi connectivity index (χ3v) is 3.88. The molecule has 0 bridgehead atoms. The van der Waals surface area contributed by atoms with Crippen LogP contribution in [0.4, 0.5) is 4.79 Å². The van der Waals surface area contributed by atoms with Gasteiger partial charge < -0.3 is 20.6 Å². The molecule has 0 unspecified atom stereocenters. The zero-order valence-electron chi connectivity index (χ0n) is 12.6. The highest BCUT2D eigenvalue weighted by atomic mass is 16.3. The van der Waals surface area contributed by atoms with Gasteiger partial charge in [-0.25, -0.2) is 4.79 Å². The first-order valence-corrected chi connectivity index (χ1v) is 7.30. The maximum Gasteiger partial charge on any atom is 0.319 e. The fraction of sp³-hybridized carbons (Fsp3) is 0.375. The van der Waals surface area contributed by atoms with Gasteiger partial charge in [0.1, 0.15) is 0 Å². The predicted molar refractivity (Wildman–Crippen MR) is 80.9 cm³/mol. The third kappa shape index (κ3) is 2.57. The Labute approximate surface area is 128 Å². The van der Waals surface area contributed by atoms with Crippen molar-refractivity contribution in [3.63, 3.8) is 0 Å². The molecule has 6 heteroatoms. The van der Waals surface area contributed by atoms with E-state index in [1.807, 2.05) is 31.2 Å². The van der Waals surface area contributed by atoms with E-state index >= 15 is 0 Å². The van der Waals surface area contributed by atoms with Crippen LogP contribution in [0.5, 0.6) is 0 Å². The van der Waals surface area contributed by atoms with Crippen LogP contribution in [0.1, 0.15) is 24.1 Å². The van der Waals surface area contributed by atoms with Crippen molar-refractivity contribution in [1.82, 2.24) is 15.5 Å². The number of hydrogen-bond acceptors (Lipinski definition) is 3. The highest BCUT2D eigenvalue weighted by Gasteiger charge is 2.40. The van der Waals surface area contributed by atoms with Crippen LogP contribution >= 0.6 is 0 Å². The first-order valence-electron chi connectivity index (χ1n) is 7.30. The highest BCUT2D eigenvalue weighted by Crippen LogP contribution is 2.32. The van der Waals surface area contributed by atoms with Crippen LogP contribution in [0.3, 0.4) is 0 Å². The second-order valence-corrected chi connectivity index (χ2v) is 5.87. The normalized spacial score (nSPS) is 22.3. The Hall–Kier alpha value is -2.34. The van der Waals surface area contributed by atoms with E-state index in [0.29, 0.717) is 17.8 Å². The van der Waals surface area contributed by atoms with E-state index in [-0.39, 0.29) is 18.5 Å². The van der Waals surface area contributed by atoms with Crippen molar-refractivity contribution in [3.05, 3.63) is 46.7 Å². The van der Waals surface area contributed by atoms with Crippen LogP contribution in [0.25, 0.3) is 0 Å². The topological polar surface area (TPSA) is 81.7 Å². The molecule has 3 amide bonds. The average molecular weight is 301 g/mol. The Morgan fingerprint density at radius 2 is 2.18 bits per heavy atom. The first-order chi connectivity index (χ1) is 10.5. The Morgan fingerprint density at radius 1 is 1.41 bits per heavy atom. The number of aliphatic hydroxyl groups is 1. The summed E-state index contributed by atoms with van der Waals surface area (Å²) in [5.74, 6) is -0.144. The molecule has 2 atom stereocenters. The Bertz CT molecular complexity index is 666. The smallest absolute Gasteiger partial charge is 0.319 e. The van der Waals surface area contributed by atoms with Crippen molar-refractivity contribution in [3.8, 4) is 0 Å². The van der Waals surface area contributed by atoms with Crippen LogP contribution in [-0.4, -0.2) is 41.1 Å². The predicted octanol–water partition coefficient (Wildman–Crippen LogP) is 0.826. The van der Waals surface area contributed by atoms with Crippen LogP contribution in [0, 0.1) is 6.92 Å². The highest BCUT2D eigenvalue weighted by molar-refractivity contribution is 6.01. The van der Waals surface area contributed by atoms with Crippen molar-refractivity contribution < 1.29 is 14.7 Å². The molecule has 0 aromatic heterocycles. The largest absolute Gasteiger partial charge is 0.392 e. The second kappa shape index (κ2) is 5.46. The van der Waals surface area contributed by atoms with E-state index in [2.05, 4.69) is 10.6 Å². The van der Waals surface area contributed by atoms with Gasteiger partial charge in [0.05, 0.1) is 30.0 Å². The van der Waals surface area contributed by atoms with Gasteiger partial charge in [-0.05, 0) is 19.4 Å². The molecule has 2 aliphatic heterocycles. The first kappa shape index (κ1) is 14.6. The molecule has 6 nitrogen and oxygen atoms in total. The van der Waals surface area contributed by atoms with E-state index in [1.165, 1.54) is 0 Å². The molecule has 2 aliphatic rings. The number of benzene rings is 1. The summed E-state index contributed by atoms with van der Waals surface area (Å²) in [6.45, 7) is 4.19. The molecular formula is C16H19N3O3. The van der Waals surface area contributed by atoms with Crippen LogP contribution < -0.4 is 10.6 Å². The van der Waals surface area contributed by atoms with Crippen LogP contribution in [0.2, 0.25) is 0 Å². The van der Waals surface area contributed by atoms with Gasteiger partial charge in [-0.2, -0.15) is 0 Å². The molecule has 3 N–H and O–H groups in total. The standard InChI is InChI=1S/C16H19N3O3/c1-9-4-3-5-11(6-9)14-13-12(17-16(22)18-14)8-19(15(13)21)7-10(2)20/h3-6,10,14,20H,7-8H2,1-2H3,(H2,17,18,22)/t10-,14-/m1/s1. The number of urea groups is 1. The number of carbonyl (C=O) groups excluding carboxylic acids is 2. The minimum Gasteiger partial charge on any atom is -0.392 e. The molecule has 0 saturated heterocycles. The lowest BCUT2D eigenvalue weighted by Crippen LogP contribution is -2.44. The van der Waals surface area contributed by atoms with Crippen molar-refractivity contribution in [2.45, 2.75) is 26.0 Å². The summed E-state index contributed by atoms with van der Waals surface area (Å²) >= 11 is 0. The van der Waals surface area contributed by atoms with E-state index < -0.39 is 12.1 Å². The minimum atomic E-state index is -0.605. The number of rotatable bonds is 3. The summed E-state index contributed by atoms with van der Waals surface area (Å²) in [7, 11) is 0. The Morgan fingerprint density at radius 3 is 2.86 bits per heavy atom. The summed E-state index contributed by atoms with van der Waals surface area (Å²) in [6.07, 6.45) is -0.605. The number of aryl methyl sites for hydroxylation is 1. The van der Waals surface area contributed by atoms with Gasteiger partial charge in [0.15, 0.2) is 0 Å².